The summed E-state index contributed by atoms with van der Waals surface area (Å²) in [6, 6.07) is 10.8. The number of aromatic nitrogens is 1. The molecule has 0 bridgehead atoms. The van der Waals surface area contributed by atoms with Gasteiger partial charge in [0.25, 0.3) is 5.78 Å². The first-order chi connectivity index (χ1) is 18.7. The molecule has 1 aliphatic heterocycles. The van der Waals surface area contributed by atoms with Gasteiger partial charge < -0.3 is 19.3 Å². The van der Waals surface area contributed by atoms with Gasteiger partial charge in [-0.2, -0.15) is 0 Å². The van der Waals surface area contributed by atoms with Gasteiger partial charge in [-0.1, -0.05) is 36.1 Å². The molecule has 1 aliphatic rings. The molecule has 1 saturated heterocycles. The fourth-order valence-electron chi connectivity index (χ4n) is 4.29. The topological polar surface area (TPSA) is 115 Å². The van der Waals surface area contributed by atoms with Gasteiger partial charge in [0.15, 0.2) is 5.13 Å². The Kier molecular flexibility index (Phi) is 8.15. The van der Waals surface area contributed by atoms with Gasteiger partial charge >= 0.3 is 11.9 Å². The first kappa shape index (κ1) is 27.6. The number of amides is 1. The number of aliphatic hydroxyl groups excluding tert-OH is 1. The Morgan fingerprint density at radius 2 is 1.85 bits per heavy atom. The van der Waals surface area contributed by atoms with E-state index < -0.39 is 23.7 Å². The Morgan fingerprint density at radius 3 is 2.46 bits per heavy atom. The summed E-state index contributed by atoms with van der Waals surface area (Å²) in [7, 11) is 1.53. The SMILES string of the molecule is C=CCOc1ccc(/C(O)=C2/C(=O)C(=O)N(c3nc(C)c(C(=O)OCC)s3)C2c2ccc(OC)cc2)c(C)c1. The van der Waals surface area contributed by atoms with Crippen molar-refractivity contribution in [3.05, 3.63) is 88.0 Å². The minimum atomic E-state index is -1.01. The summed E-state index contributed by atoms with van der Waals surface area (Å²) in [6.07, 6.45) is 1.62. The number of carbonyl (C=O) groups excluding carboxylic acids is 3. The number of Topliss-reactive ketones (excluding diaryl/α,β-unsaturated/α-hetero) is 1. The van der Waals surface area contributed by atoms with Crippen LogP contribution in [0.3, 0.4) is 0 Å². The second kappa shape index (κ2) is 11.5. The lowest BCUT2D eigenvalue weighted by Crippen LogP contribution is -2.29. The lowest BCUT2D eigenvalue weighted by molar-refractivity contribution is -0.132. The van der Waals surface area contributed by atoms with Gasteiger partial charge in [0.1, 0.15) is 28.7 Å². The highest BCUT2D eigenvalue weighted by molar-refractivity contribution is 7.17. The smallest absolute Gasteiger partial charge is 0.350 e. The monoisotopic (exact) mass is 548 g/mol. The summed E-state index contributed by atoms with van der Waals surface area (Å²) in [5.74, 6) is -1.48. The normalized spacial score (nSPS) is 16.3. The average molecular weight is 549 g/mol. The molecule has 0 spiro atoms. The van der Waals surface area contributed by atoms with Crippen LogP contribution in [0.2, 0.25) is 0 Å². The number of ketones is 1. The van der Waals surface area contributed by atoms with Crippen LogP contribution in [0.1, 0.15) is 45.0 Å². The predicted octanol–water partition coefficient (Wildman–Crippen LogP) is 5.14. The van der Waals surface area contributed by atoms with Crippen molar-refractivity contribution < 1.29 is 33.7 Å². The van der Waals surface area contributed by atoms with Gasteiger partial charge in [-0.25, -0.2) is 9.78 Å². The molecule has 0 saturated carbocycles. The van der Waals surface area contributed by atoms with Gasteiger partial charge in [-0.05, 0) is 62.2 Å². The number of aliphatic hydroxyl groups is 1. The largest absolute Gasteiger partial charge is 0.507 e. The van der Waals surface area contributed by atoms with E-state index in [1.54, 1.807) is 69.3 Å². The summed E-state index contributed by atoms with van der Waals surface area (Å²) in [5.41, 5.74) is 1.84. The van der Waals surface area contributed by atoms with Gasteiger partial charge in [0.05, 0.1) is 31.0 Å². The third-order valence-electron chi connectivity index (χ3n) is 6.15. The molecule has 9 nitrogen and oxygen atoms in total. The molecule has 2 heterocycles. The number of hydrogen-bond acceptors (Lipinski definition) is 9. The number of esters is 1. The van der Waals surface area contributed by atoms with E-state index in [0.717, 1.165) is 11.3 Å². The van der Waals surface area contributed by atoms with E-state index in [1.807, 2.05) is 0 Å². The van der Waals surface area contributed by atoms with Crippen LogP contribution >= 0.6 is 11.3 Å². The molecule has 1 fully saturated rings. The van der Waals surface area contributed by atoms with E-state index in [0.29, 0.717) is 40.5 Å². The molecule has 1 unspecified atom stereocenters. The third kappa shape index (κ3) is 5.28. The fourth-order valence-corrected chi connectivity index (χ4v) is 5.28. The fraction of sp³-hybridized carbons (Fsp3) is 0.241. The quantitative estimate of drug-likeness (QED) is 0.129. The molecule has 1 amide bonds. The van der Waals surface area contributed by atoms with E-state index in [9.17, 15) is 19.5 Å². The molecule has 1 atom stereocenters. The van der Waals surface area contributed by atoms with Crippen LogP contribution in [0.25, 0.3) is 5.76 Å². The van der Waals surface area contributed by atoms with E-state index >= 15 is 0 Å². The summed E-state index contributed by atoms with van der Waals surface area (Å²) < 4.78 is 16.0. The number of nitrogens with zero attached hydrogens (tertiary/aromatic N) is 2. The van der Waals surface area contributed by atoms with Crippen molar-refractivity contribution in [2.75, 3.05) is 25.2 Å². The van der Waals surface area contributed by atoms with Crippen LogP contribution in [0.5, 0.6) is 11.5 Å². The Morgan fingerprint density at radius 1 is 1.15 bits per heavy atom. The van der Waals surface area contributed by atoms with Gasteiger partial charge in [-0.15, -0.1) is 0 Å². The van der Waals surface area contributed by atoms with Gasteiger partial charge in [-0.3, -0.25) is 14.5 Å². The molecule has 0 radical (unpaired) electrons. The maximum atomic E-state index is 13.5. The molecular formula is C29H28N2O7S. The molecule has 4 rings (SSSR count). The van der Waals surface area contributed by atoms with Crippen LogP contribution in [0.15, 0.2) is 60.7 Å². The predicted molar refractivity (Wildman–Crippen MR) is 147 cm³/mol. The maximum absolute atomic E-state index is 13.5. The zero-order valence-corrected chi connectivity index (χ0v) is 22.8. The first-order valence-corrected chi connectivity index (χ1v) is 13.0. The summed E-state index contributed by atoms with van der Waals surface area (Å²) >= 11 is 0.953. The molecule has 1 N–H and O–H groups in total. The highest BCUT2D eigenvalue weighted by atomic mass is 32.1. The summed E-state index contributed by atoms with van der Waals surface area (Å²) in [5, 5.41) is 11.6. The summed E-state index contributed by atoms with van der Waals surface area (Å²) in [6.45, 7) is 9.22. The Hall–Kier alpha value is -4.44. The Balaban J connectivity index is 1.88. The average Bonchev–Trinajstić information content (AvgIpc) is 3.43. The van der Waals surface area contributed by atoms with Crippen molar-refractivity contribution in [2.45, 2.75) is 26.8 Å². The number of methoxy groups -OCH3 is 1. The molecule has 39 heavy (non-hydrogen) atoms. The van der Waals surface area contributed by atoms with Crippen LogP contribution in [-0.4, -0.2) is 48.1 Å². The molecule has 2 aromatic carbocycles. The second-order valence-electron chi connectivity index (χ2n) is 8.65. The number of anilines is 1. The highest BCUT2D eigenvalue weighted by Crippen LogP contribution is 2.44. The van der Waals surface area contributed by atoms with Crippen molar-refractivity contribution in [1.82, 2.24) is 4.98 Å². The minimum Gasteiger partial charge on any atom is -0.507 e. The molecule has 10 heteroatoms. The number of thiazole rings is 1. The zero-order valence-electron chi connectivity index (χ0n) is 22.0. The minimum absolute atomic E-state index is 0.0986. The van der Waals surface area contributed by atoms with Gasteiger partial charge in [0, 0.05) is 5.56 Å². The van der Waals surface area contributed by atoms with Crippen LogP contribution in [0.4, 0.5) is 5.13 Å². The number of aryl methyl sites for hydroxylation is 2. The van der Waals surface area contributed by atoms with E-state index in [4.69, 9.17) is 14.2 Å². The van der Waals surface area contributed by atoms with E-state index in [-0.39, 0.29) is 27.9 Å². The van der Waals surface area contributed by atoms with Crippen LogP contribution in [0, 0.1) is 13.8 Å². The van der Waals surface area contributed by atoms with Crippen molar-refractivity contribution in [3.63, 3.8) is 0 Å². The van der Waals surface area contributed by atoms with Crippen molar-refractivity contribution in [1.29, 1.82) is 0 Å². The standard InChI is InChI=1S/C29H28N2O7S/c1-6-14-38-20-12-13-21(16(3)15-20)24(32)22-23(18-8-10-19(36-5)11-9-18)31(27(34)25(22)33)29-30-17(4)26(39-29)28(35)37-7-2/h6,8-13,15,23,32H,1,7,14H2,2-5H3/b24-22-. The number of hydrogen-bond donors (Lipinski definition) is 1. The van der Waals surface area contributed by atoms with Crippen molar-refractivity contribution in [3.8, 4) is 11.5 Å². The van der Waals surface area contributed by atoms with E-state index in [2.05, 4.69) is 11.6 Å². The van der Waals surface area contributed by atoms with Crippen molar-refractivity contribution >= 4 is 39.9 Å². The molecule has 3 aromatic rings. The molecule has 202 valence electrons. The second-order valence-corrected chi connectivity index (χ2v) is 9.63. The highest BCUT2D eigenvalue weighted by Gasteiger charge is 2.48. The molecule has 0 aliphatic carbocycles. The van der Waals surface area contributed by atoms with Gasteiger partial charge in [0.2, 0.25) is 0 Å². The van der Waals surface area contributed by atoms with E-state index in [1.165, 1.54) is 12.0 Å². The van der Waals surface area contributed by atoms with Crippen molar-refractivity contribution in [2.24, 2.45) is 0 Å². The lowest BCUT2D eigenvalue weighted by atomic mass is 9.94. The first-order valence-electron chi connectivity index (χ1n) is 12.2. The number of rotatable bonds is 9. The van der Waals surface area contributed by atoms with Crippen LogP contribution in [-0.2, 0) is 14.3 Å². The maximum Gasteiger partial charge on any atom is 0.350 e. The Bertz CT molecular complexity index is 1470. The zero-order chi connectivity index (χ0) is 28.3. The summed E-state index contributed by atoms with van der Waals surface area (Å²) in [4.78, 5) is 45.3. The third-order valence-corrected chi connectivity index (χ3v) is 7.29. The van der Waals surface area contributed by atoms with Crippen LogP contribution < -0.4 is 14.4 Å². The molecular weight excluding hydrogens is 520 g/mol. The Labute approximate surface area is 230 Å². The number of benzene rings is 2. The number of ether oxygens (including phenoxy) is 3. The lowest BCUT2D eigenvalue weighted by Gasteiger charge is -2.23. The number of carbonyl (C=O) groups is 3. The molecule has 1 aromatic heterocycles.